The molecule has 0 bridgehead atoms. The Morgan fingerprint density at radius 1 is 0.585 bits per heavy atom. The van der Waals surface area contributed by atoms with Crippen LogP contribution in [0.3, 0.4) is 0 Å². The monoisotopic (exact) mass is 560 g/mol. The zero-order chi connectivity index (χ0) is 29.9. The first-order valence-corrected chi connectivity index (χ1v) is 12.6. The standard InChI is InChI=1S/C32H29FO8/c1-20(2)29(34)38-15-17-40-31(36)25-11-9-23(10-12-25)22-5-7-24(8-6-22)26-13-14-27(28(33)19-26)32(37)41-18-16-39-30(35)21(3)4/h5-14,19H,1,3,15-18H2,2,4H3. The number of hydrogen-bond acceptors (Lipinski definition) is 8. The van der Waals surface area contributed by atoms with Gasteiger partial charge in [-0.15, -0.1) is 0 Å². The second kappa shape index (κ2) is 14.4. The lowest BCUT2D eigenvalue weighted by Crippen LogP contribution is -2.15. The van der Waals surface area contributed by atoms with Crippen LogP contribution in [0.15, 0.2) is 91.0 Å². The first-order chi connectivity index (χ1) is 19.6. The molecule has 0 N–H and O–H groups in total. The van der Waals surface area contributed by atoms with Crippen molar-refractivity contribution in [3.05, 3.63) is 108 Å². The fraction of sp³-hybridized carbons (Fsp3) is 0.188. The molecule has 3 aromatic rings. The minimum atomic E-state index is -0.866. The van der Waals surface area contributed by atoms with Crippen molar-refractivity contribution < 1.29 is 42.5 Å². The number of carbonyl (C=O) groups is 4. The molecular weight excluding hydrogens is 531 g/mol. The lowest BCUT2D eigenvalue weighted by atomic mass is 9.99. The van der Waals surface area contributed by atoms with Crippen LogP contribution in [0.5, 0.6) is 0 Å². The van der Waals surface area contributed by atoms with E-state index in [0.717, 1.165) is 16.7 Å². The van der Waals surface area contributed by atoms with Crippen molar-refractivity contribution in [2.45, 2.75) is 13.8 Å². The summed E-state index contributed by atoms with van der Waals surface area (Å²) in [5.74, 6) is -3.30. The summed E-state index contributed by atoms with van der Waals surface area (Å²) < 4.78 is 34.5. The SMILES string of the molecule is C=C(C)C(=O)OCCOC(=O)c1ccc(-c2ccc(-c3ccc(C(=O)OCCOC(=O)C(=C)C)c(F)c3)cc2)cc1. The normalized spacial score (nSPS) is 10.3. The number of halogens is 1. The second-order valence-electron chi connectivity index (χ2n) is 8.95. The van der Waals surface area contributed by atoms with Gasteiger partial charge in [-0.1, -0.05) is 55.6 Å². The quantitative estimate of drug-likeness (QED) is 0.120. The number of ether oxygens (including phenoxy) is 4. The topological polar surface area (TPSA) is 105 Å². The number of rotatable bonds is 12. The van der Waals surface area contributed by atoms with E-state index in [4.69, 9.17) is 18.9 Å². The summed E-state index contributed by atoms with van der Waals surface area (Å²) in [6.45, 7) is 9.44. The summed E-state index contributed by atoms with van der Waals surface area (Å²) in [7, 11) is 0. The largest absolute Gasteiger partial charge is 0.459 e. The molecule has 9 heteroatoms. The summed E-state index contributed by atoms with van der Waals surface area (Å²) in [4.78, 5) is 47.1. The van der Waals surface area contributed by atoms with Crippen LogP contribution in [0.1, 0.15) is 34.6 Å². The third-order valence-corrected chi connectivity index (χ3v) is 5.66. The molecule has 0 aliphatic carbocycles. The molecular formula is C32H29FO8. The van der Waals surface area contributed by atoms with Gasteiger partial charge in [0.15, 0.2) is 0 Å². The van der Waals surface area contributed by atoms with Crippen molar-refractivity contribution in [2.24, 2.45) is 0 Å². The molecule has 0 unspecified atom stereocenters. The summed E-state index contributed by atoms with van der Waals surface area (Å²) in [5, 5.41) is 0. The third kappa shape index (κ3) is 8.72. The average Bonchev–Trinajstić information content (AvgIpc) is 2.97. The first-order valence-electron chi connectivity index (χ1n) is 12.6. The van der Waals surface area contributed by atoms with E-state index in [0.29, 0.717) is 11.1 Å². The molecule has 0 radical (unpaired) electrons. The molecule has 3 rings (SSSR count). The summed E-state index contributed by atoms with van der Waals surface area (Å²) in [6, 6.07) is 18.3. The van der Waals surface area contributed by atoms with E-state index >= 15 is 0 Å². The van der Waals surface area contributed by atoms with E-state index in [2.05, 4.69) is 13.2 Å². The maximum Gasteiger partial charge on any atom is 0.341 e. The maximum absolute atomic E-state index is 14.7. The molecule has 0 aromatic heterocycles. The average molecular weight is 561 g/mol. The number of benzene rings is 3. The van der Waals surface area contributed by atoms with Gasteiger partial charge in [0.05, 0.1) is 11.1 Å². The molecule has 0 saturated heterocycles. The van der Waals surface area contributed by atoms with Gasteiger partial charge >= 0.3 is 23.9 Å². The van der Waals surface area contributed by atoms with E-state index in [1.807, 2.05) is 24.3 Å². The summed E-state index contributed by atoms with van der Waals surface area (Å²) in [5.41, 5.74) is 3.61. The number of hydrogen-bond donors (Lipinski definition) is 0. The molecule has 0 aliphatic rings. The fourth-order valence-corrected chi connectivity index (χ4v) is 3.46. The zero-order valence-electron chi connectivity index (χ0n) is 22.7. The van der Waals surface area contributed by atoms with Crippen molar-refractivity contribution in [2.75, 3.05) is 26.4 Å². The molecule has 0 fully saturated rings. The van der Waals surface area contributed by atoms with Gasteiger partial charge in [0.1, 0.15) is 32.2 Å². The lowest BCUT2D eigenvalue weighted by molar-refractivity contribution is -0.140. The zero-order valence-corrected chi connectivity index (χ0v) is 22.7. The van der Waals surface area contributed by atoms with Crippen molar-refractivity contribution in [1.82, 2.24) is 0 Å². The Kier molecular flexibility index (Phi) is 10.7. The summed E-state index contributed by atoms with van der Waals surface area (Å²) in [6.07, 6.45) is 0. The van der Waals surface area contributed by atoms with E-state index in [9.17, 15) is 23.6 Å². The molecule has 0 saturated carbocycles. The van der Waals surface area contributed by atoms with Crippen LogP contribution in [-0.4, -0.2) is 50.3 Å². The third-order valence-electron chi connectivity index (χ3n) is 5.66. The predicted molar refractivity (Wildman–Crippen MR) is 149 cm³/mol. The minimum Gasteiger partial charge on any atom is -0.459 e. The van der Waals surface area contributed by atoms with Gasteiger partial charge in [-0.25, -0.2) is 23.6 Å². The fourth-order valence-electron chi connectivity index (χ4n) is 3.46. The molecule has 3 aromatic carbocycles. The Morgan fingerprint density at radius 2 is 0.976 bits per heavy atom. The van der Waals surface area contributed by atoms with Crippen LogP contribution in [-0.2, 0) is 28.5 Å². The predicted octanol–water partition coefficient (Wildman–Crippen LogP) is 5.71. The molecule has 8 nitrogen and oxygen atoms in total. The highest BCUT2D eigenvalue weighted by atomic mass is 19.1. The highest BCUT2D eigenvalue weighted by molar-refractivity contribution is 5.91. The van der Waals surface area contributed by atoms with Crippen molar-refractivity contribution >= 4 is 23.9 Å². The van der Waals surface area contributed by atoms with Crippen LogP contribution in [0.2, 0.25) is 0 Å². The van der Waals surface area contributed by atoms with Gasteiger partial charge in [0.2, 0.25) is 0 Å². The highest BCUT2D eigenvalue weighted by Gasteiger charge is 2.15. The van der Waals surface area contributed by atoms with Gasteiger partial charge < -0.3 is 18.9 Å². The van der Waals surface area contributed by atoms with Gasteiger partial charge in [0, 0.05) is 11.1 Å². The smallest absolute Gasteiger partial charge is 0.341 e. The van der Waals surface area contributed by atoms with Crippen LogP contribution >= 0.6 is 0 Å². The van der Waals surface area contributed by atoms with Gasteiger partial charge in [-0.2, -0.15) is 0 Å². The Bertz CT molecular complexity index is 1460. The Morgan fingerprint density at radius 3 is 1.44 bits per heavy atom. The Balaban J connectivity index is 1.56. The van der Waals surface area contributed by atoms with Crippen molar-refractivity contribution in [3.8, 4) is 22.3 Å². The van der Waals surface area contributed by atoms with Crippen LogP contribution in [0, 0.1) is 5.82 Å². The summed E-state index contributed by atoms with van der Waals surface area (Å²) >= 11 is 0. The van der Waals surface area contributed by atoms with E-state index in [1.54, 1.807) is 30.3 Å². The lowest BCUT2D eigenvalue weighted by Gasteiger charge is -2.09. The number of carbonyl (C=O) groups excluding carboxylic acids is 4. The molecule has 0 atom stereocenters. The molecule has 0 spiro atoms. The molecule has 212 valence electrons. The van der Waals surface area contributed by atoms with Crippen LogP contribution in [0.4, 0.5) is 4.39 Å². The Hall–Kier alpha value is -5.05. The first kappa shape index (κ1) is 30.5. The maximum atomic E-state index is 14.7. The number of esters is 4. The molecule has 0 heterocycles. The molecule has 0 amide bonds. The van der Waals surface area contributed by atoms with Crippen molar-refractivity contribution in [3.63, 3.8) is 0 Å². The second-order valence-corrected chi connectivity index (χ2v) is 8.95. The highest BCUT2D eigenvalue weighted by Crippen LogP contribution is 2.27. The van der Waals surface area contributed by atoms with Crippen LogP contribution in [0.25, 0.3) is 22.3 Å². The van der Waals surface area contributed by atoms with Gasteiger partial charge in [-0.05, 0) is 60.4 Å². The van der Waals surface area contributed by atoms with E-state index in [-0.39, 0.29) is 43.1 Å². The van der Waals surface area contributed by atoms with E-state index < -0.39 is 29.7 Å². The van der Waals surface area contributed by atoms with Gasteiger partial charge in [0.25, 0.3) is 0 Å². The molecule has 0 aliphatic heterocycles. The van der Waals surface area contributed by atoms with Crippen LogP contribution < -0.4 is 0 Å². The van der Waals surface area contributed by atoms with E-state index in [1.165, 1.54) is 26.0 Å². The van der Waals surface area contributed by atoms with Crippen molar-refractivity contribution in [1.29, 1.82) is 0 Å². The Labute approximate surface area is 237 Å². The molecule has 41 heavy (non-hydrogen) atoms. The minimum absolute atomic E-state index is 0.0621. The van der Waals surface area contributed by atoms with Gasteiger partial charge in [-0.3, -0.25) is 0 Å².